The average Bonchev–Trinajstić information content (AvgIpc) is 2.80. The van der Waals surface area contributed by atoms with E-state index in [1.54, 1.807) is 23.3 Å². The number of nitrogens with zero attached hydrogens (tertiary/aromatic N) is 1. The van der Waals surface area contributed by atoms with Crippen LogP contribution in [-0.2, 0) is 0 Å². The number of benzene rings is 1. The van der Waals surface area contributed by atoms with E-state index in [0.29, 0.717) is 0 Å². The van der Waals surface area contributed by atoms with Gasteiger partial charge in [-0.3, -0.25) is 4.72 Å². The summed E-state index contributed by atoms with van der Waals surface area (Å²) in [6.45, 7) is 5.95. The lowest BCUT2D eigenvalue weighted by molar-refractivity contribution is 0.312. The molecule has 2 aromatic rings. The Kier molecular flexibility index (Phi) is 5.28. The largest absolute Gasteiger partial charge is 0.491 e. The molecule has 0 spiro atoms. The van der Waals surface area contributed by atoms with E-state index in [2.05, 4.69) is 29.6 Å². The number of rotatable bonds is 7. The van der Waals surface area contributed by atoms with Crippen LogP contribution in [0.3, 0.4) is 0 Å². The number of unbranched alkanes of at least 4 members (excludes halogenated alkanes) is 1. The summed E-state index contributed by atoms with van der Waals surface area (Å²) < 4.78 is 11.2. The fourth-order valence-corrected chi connectivity index (χ4v) is 3.26. The quantitative estimate of drug-likeness (QED) is 0.612. The van der Waals surface area contributed by atoms with Crippen molar-refractivity contribution in [2.24, 2.45) is 0 Å². The first-order valence-corrected chi connectivity index (χ1v) is 7.90. The molecule has 0 aliphatic rings. The highest BCUT2D eigenvalue weighted by atomic mass is 32.2. The lowest BCUT2D eigenvalue weighted by Crippen LogP contribution is -1.99. The summed E-state index contributed by atoms with van der Waals surface area (Å²) in [5.74, 6) is 0.903. The van der Waals surface area contributed by atoms with Crippen molar-refractivity contribution in [1.82, 2.24) is 9.71 Å². The molecule has 1 heterocycles. The lowest BCUT2D eigenvalue weighted by Gasteiger charge is -2.05. The third-order valence-electron chi connectivity index (χ3n) is 2.42. The normalized spacial score (nSPS) is 11.0. The molecule has 1 aromatic carbocycles. The molecule has 1 N–H and O–H groups in total. The zero-order chi connectivity index (χ0) is 12.8. The smallest absolute Gasteiger partial charge is 0.166 e. The number of nitrogens with one attached hydrogen (secondary N) is 1. The van der Waals surface area contributed by atoms with E-state index in [0.717, 1.165) is 41.6 Å². The van der Waals surface area contributed by atoms with Crippen molar-refractivity contribution >= 4 is 33.5 Å². The van der Waals surface area contributed by atoms with Crippen LogP contribution in [0, 0.1) is 0 Å². The Morgan fingerprint density at radius 1 is 1.39 bits per heavy atom. The number of hydrogen-bond acceptors (Lipinski definition) is 5. The van der Waals surface area contributed by atoms with Gasteiger partial charge < -0.3 is 4.74 Å². The Labute approximate surface area is 116 Å². The van der Waals surface area contributed by atoms with E-state index in [4.69, 9.17) is 4.74 Å². The summed E-state index contributed by atoms with van der Waals surface area (Å²) in [7, 11) is 0. The predicted molar refractivity (Wildman–Crippen MR) is 79.6 cm³/mol. The average molecular weight is 282 g/mol. The molecule has 0 atom stereocenters. The SMILES string of the molecule is CCCCOc1cccc2sc(SNCC)nc12. The van der Waals surface area contributed by atoms with Gasteiger partial charge in [-0.1, -0.05) is 26.3 Å². The van der Waals surface area contributed by atoms with E-state index < -0.39 is 0 Å². The molecule has 3 nitrogen and oxygen atoms in total. The second-order valence-electron chi connectivity index (χ2n) is 3.88. The van der Waals surface area contributed by atoms with Gasteiger partial charge in [-0.05, 0) is 30.5 Å². The van der Waals surface area contributed by atoms with Crippen LogP contribution >= 0.6 is 23.3 Å². The molecular weight excluding hydrogens is 264 g/mol. The summed E-state index contributed by atoms with van der Waals surface area (Å²) in [6.07, 6.45) is 2.23. The maximum Gasteiger partial charge on any atom is 0.166 e. The molecule has 0 radical (unpaired) electrons. The second-order valence-corrected chi connectivity index (χ2v) is 6.05. The van der Waals surface area contributed by atoms with Gasteiger partial charge in [-0.15, -0.1) is 11.3 Å². The van der Waals surface area contributed by atoms with Gasteiger partial charge in [0.05, 0.1) is 11.3 Å². The van der Waals surface area contributed by atoms with Gasteiger partial charge in [0.15, 0.2) is 4.34 Å². The highest BCUT2D eigenvalue weighted by Gasteiger charge is 2.09. The zero-order valence-corrected chi connectivity index (χ0v) is 12.4. The molecular formula is C13H18N2OS2. The summed E-state index contributed by atoms with van der Waals surface area (Å²) in [5, 5.41) is 0. The summed E-state index contributed by atoms with van der Waals surface area (Å²) in [5.41, 5.74) is 0.985. The summed E-state index contributed by atoms with van der Waals surface area (Å²) >= 11 is 3.29. The fourth-order valence-electron chi connectivity index (χ4n) is 1.52. The van der Waals surface area contributed by atoms with Crippen LogP contribution in [-0.4, -0.2) is 18.1 Å². The van der Waals surface area contributed by atoms with Crippen LogP contribution in [0.2, 0.25) is 0 Å². The fraction of sp³-hybridized carbons (Fsp3) is 0.462. The third-order valence-corrected chi connectivity index (χ3v) is 4.44. The Morgan fingerprint density at radius 2 is 2.28 bits per heavy atom. The Morgan fingerprint density at radius 3 is 3.06 bits per heavy atom. The number of aromatic nitrogens is 1. The maximum atomic E-state index is 5.79. The molecule has 1 aromatic heterocycles. The summed E-state index contributed by atoms with van der Waals surface area (Å²) in [4.78, 5) is 4.62. The lowest BCUT2D eigenvalue weighted by atomic mass is 10.3. The Hall–Kier alpha value is -0.780. The van der Waals surface area contributed by atoms with E-state index in [1.807, 2.05) is 12.1 Å². The Balaban J connectivity index is 2.16. The highest BCUT2D eigenvalue weighted by Crippen LogP contribution is 2.33. The molecule has 98 valence electrons. The van der Waals surface area contributed by atoms with Gasteiger partial charge in [0.1, 0.15) is 11.3 Å². The highest BCUT2D eigenvalue weighted by molar-refractivity contribution is 7.99. The topological polar surface area (TPSA) is 34.1 Å². The van der Waals surface area contributed by atoms with Gasteiger partial charge in [0.2, 0.25) is 0 Å². The van der Waals surface area contributed by atoms with Crippen molar-refractivity contribution in [3.05, 3.63) is 18.2 Å². The van der Waals surface area contributed by atoms with Crippen LogP contribution in [0.4, 0.5) is 0 Å². The van der Waals surface area contributed by atoms with Crippen molar-refractivity contribution in [2.45, 2.75) is 31.0 Å². The van der Waals surface area contributed by atoms with Crippen molar-refractivity contribution in [3.8, 4) is 5.75 Å². The minimum absolute atomic E-state index is 0.767. The molecule has 5 heteroatoms. The monoisotopic (exact) mass is 282 g/mol. The first-order chi connectivity index (χ1) is 8.85. The van der Waals surface area contributed by atoms with Crippen LogP contribution in [0.25, 0.3) is 10.2 Å². The van der Waals surface area contributed by atoms with Crippen LogP contribution < -0.4 is 9.46 Å². The minimum atomic E-state index is 0.767. The molecule has 0 saturated carbocycles. The number of fused-ring (bicyclic) bond motifs is 1. The van der Waals surface area contributed by atoms with Crippen LogP contribution in [0.5, 0.6) is 5.75 Å². The third kappa shape index (κ3) is 3.37. The van der Waals surface area contributed by atoms with E-state index in [1.165, 1.54) is 4.70 Å². The van der Waals surface area contributed by atoms with Crippen LogP contribution in [0.15, 0.2) is 22.5 Å². The molecule has 0 saturated heterocycles. The standard InChI is InChI=1S/C13H18N2OS2/c1-3-5-9-16-10-7-6-8-11-12(10)15-13(17-11)18-14-4-2/h6-8,14H,3-5,9H2,1-2H3. The van der Waals surface area contributed by atoms with Gasteiger partial charge in [0.25, 0.3) is 0 Å². The predicted octanol–water partition coefficient (Wildman–Crippen LogP) is 4.09. The maximum absolute atomic E-state index is 5.79. The van der Waals surface area contributed by atoms with E-state index in [9.17, 15) is 0 Å². The van der Waals surface area contributed by atoms with Crippen LogP contribution in [0.1, 0.15) is 26.7 Å². The van der Waals surface area contributed by atoms with Crippen molar-refractivity contribution < 1.29 is 4.74 Å². The molecule has 18 heavy (non-hydrogen) atoms. The number of para-hydroxylation sites is 1. The second kappa shape index (κ2) is 6.97. The molecule has 0 aliphatic heterocycles. The van der Waals surface area contributed by atoms with Gasteiger partial charge in [-0.2, -0.15) is 0 Å². The molecule has 0 bridgehead atoms. The number of thiazole rings is 1. The number of ether oxygens (including phenoxy) is 1. The van der Waals surface area contributed by atoms with E-state index >= 15 is 0 Å². The van der Waals surface area contributed by atoms with Gasteiger partial charge in [-0.25, -0.2) is 4.98 Å². The van der Waals surface area contributed by atoms with Gasteiger partial charge >= 0.3 is 0 Å². The Bertz CT molecular complexity index is 499. The van der Waals surface area contributed by atoms with Crippen molar-refractivity contribution in [3.63, 3.8) is 0 Å². The molecule has 0 unspecified atom stereocenters. The van der Waals surface area contributed by atoms with E-state index in [-0.39, 0.29) is 0 Å². The number of hydrogen-bond donors (Lipinski definition) is 1. The molecule has 0 amide bonds. The van der Waals surface area contributed by atoms with Crippen molar-refractivity contribution in [2.75, 3.05) is 13.2 Å². The minimum Gasteiger partial charge on any atom is -0.491 e. The first-order valence-electron chi connectivity index (χ1n) is 6.27. The molecule has 0 fully saturated rings. The first kappa shape index (κ1) is 13.6. The van der Waals surface area contributed by atoms with Crippen molar-refractivity contribution in [1.29, 1.82) is 0 Å². The van der Waals surface area contributed by atoms with Gasteiger partial charge in [0, 0.05) is 6.54 Å². The zero-order valence-electron chi connectivity index (χ0n) is 10.7. The molecule has 0 aliphatic carbocycles. The molecule has 2 rings (SSSR count). The summed E-state index contributed by atoms with van der Waals surface area (Å²) in [6, 6.07) is 6.12.